The molecule has 4 heteroatoms. The Morgan fingerprint density at radius 2 is 1.48 bits per heavy atom. The van der Waals surface area contributed by atoms with Gasteiger partial charge in [-0.05, 0) is 23.6 Å². The van der Waals surface area contributed by atoms with Gasteiger partial charge in [-0.1, -0.05) is 55.5 Å². The van der Waals surface area contributed by atoms with Gasteiger partial charge in [0.1, 0.15) is 0 Å². The molecule has 1 atom stereocenters. The fraction of sp³-hybridized carbons (Fsp3) is 0.176. The molecule has 0 aromatic heterocycles. The second-order valence-electron chi connectivity index (χ2n) is 4.84. The average molecular weight is 282 g/mol. The fourth-order valence-corrected chi connectivity index (χ4v) is 1.93. The molecule has 0 saturated carbocycles. The molecule has 0 bridgehead atoms. The Kier molecular flexibility index (Phi) is 5.10. The first kappa shape index (κ1) is 14.8. The molecule has 0 saturated heterocycles. The molecule has 0 fully saturated rings. The first-order valence-corrected chi connectivity index (χ1v) is 6.86. The van der Waals surface area contributed by atoms with Crippen molar-refractivity contribution in [3.63, 3.8) is 0 Å². The summed E-state index contributed by atoms with van der Waals surface area (Å²) >= 11 is 0. The van der Waals surface area contributed by atoms with Crippen LogP contribution >= 0.6 is 0 Å². The standard InChI is InChI=1S/C17H18N2O2/c1-13(14-8-4-2-5-9-14)12-18-16(20)17(21)19-15-10-6-3-7-11-15/h2-11,13H,12H2,1H3,(H,18,20)(H,19,21). The lowest BCUT2D eigenvalue weighted by Gasteiger charge is -2.13. The van der Waals surface area contributed by atoms with E-state index in [0.29, 0.717) is 12.2 Å². The van der Waals surface area contributed by atoms with Crippen LogP contribution in [0.15, 0.2) is 60.7 Å². The van der Waals surface area contributed by atoms with Crippen LogP contribution in [0.3, 0.4) is 0 Å². The molecular formula is C17H18N2O2. The highest BCUT2D eigenvalue weighted by Crippen LogP contribution is 2.13. The molecule has 2 aromatic carbocycles. The van der Waals surface area contributed by atoms with Gasteiger partial charge in [0.2, 0.25) is 0 Å². The van der Waals surface area contributed by atoms with Gasteiger partial charge < -0.3 is 10.6 Å². The fourth-order valence-electron chi connectivity index (χ4n) is 1.93. The van der Waals surface area contributed by atoms with Gasteiger partial charge in [-0.15, -0.1) is 0 Å². The number of hydrogen-bond acceptors (Lipinski definition) is 2. The molecule has 108 valence electrons. The maximum atomic E-state index is 11.8. The van der Waals surface area contributed by atoms with Crippen molar-refractivity contribution >= 4 is 17.5 Å². The molecule has 21 heavy (non-hydrogen) atoms. The molecule has 1 unspecified atom stereocenters. The highest BCUT2D eigenvalue weighted by Gasteiger charge is 2.14. The Hall–Kier alpha value is -2.62. The van der Waals surface area contributed by atoms with Crippen molar-refractivity contribution < 1.29 is 9.59 Å². The van der Waals surface area contributed by atoms with Gasteiger partial charge in [0.05, 0.1) is 0 Å². The number of carbonyl (C=O) groups excluding carboxylic acids is 2. The first-order valence-electron chi connectivity index (χ1n) is 6.86. The number of benzene rings is 2. The van der Waals surface area contributed by atoms with E-state index in [2.05, 4.69) is 10.6 Å². The third-order valence-electron chi connectivity index (χ3n) is 3.18. The van der Waals surface area contributed by atoms with E-state index in [0.717, 1.165) is 5.56 Å². The number of anilines is 1. The zero-order valence-corrected chi connectivity index (χ0v) is 11.9. The van der Waals surface area contributed by atoms with Gasteiger partial charge in [-0.25, -0.2) is 0 Å². The summed E-state index contributed by atoms with van der Waals surface area (Å²) < 4.78 is 0. The van der Waals surface area contributed by atoms with Crippen molar-refractivity contribution in [3.8, 4) is 0 Å². The van der Waals surface area contributed by atoms with Crippen molar-refractivity contribution in [3.05, 3.63) is 66.2 Å². The number of carbonyl (C=O) groups is 2. The van der Waals surface area contributed by atoms with Crippen LogP contribution in [0.2, 0.25) is 0 Å². The number of hydrogen-bond donors (Lipinski definition) is 2. The van der Waals surface area contributed by atoms with Crippen LogP contribution in [0, 0.1) is 0 Å². The number of amides is 2. The average Bonchev–Trinajstić information content (AvgIpc) is 2.54. The Balaban J connectivity index is 1.83. The first-order chi connectivity index (χ1) is 10.2. The maximum absolute atomic E-state index is 11.8. The highest BCUT2D eigenvalue weighted by molar-refractivity contribution is 6.39. The second-order valence-corrected chi connectivity index (χ2v) is 4.84. The molecule has 0 radical (unpaired) electrons. The summed E-state index contributed by atoms with van der Waals surface area (Å²) in [6, 6.07) is 18.8. The zero-order valence-electron chi connectivity index (χ0n) is 11.9. The minimum atomic E-state index is -0.651. The van der Waals surface area contributed by atoms with E-state index in [1.807, 2.05) is 43.3 Å². The Morgan fingerprint density at radius 3 is 2.10 bits per heavy atom. The van der Waals surface area contributed by atoms with Gasteiger partial charge in [-0.2, -0.15) is 0 Å². The SMILES string of the molecule is CC(CNC(=O)C(=O)Nc1ccccc1)c1ccccc1. The summed E-state index contributed by atoms with van der Waals surface area (Å²) in [5.41, 5.74) is 1.73. The van der Waals surface area contributed by atoms with Crippen molar-refractivity contribution in [2.24, 2.45) is 0 Å². The minimum absolute atomic E-state index is 0.152. The van der Waals surface area contributed by atoms with Gasteiger partial charge in [0.25, 0.3) is 0 Å². The maximum Gasteiger partial charge on any atom is 0.313 e. The third-order valence-corrected chi connectivity index (χ3v) is 3.18. The molecule has 2 N–H and O–H groups in total. The lowest BCUT2D eigenvalue weighted by atomic mass is 10.0. The molecule has 2 aromatic rings. The summed E-state index contributed by atoms with van der Waals surface area (Å²) in [5.74, 6) is -1.12. The minimum Gasteiger partial charge on any atom is -0.347 e. The van der Waals surface area contributed by atoms with Crippen molar-refractivity contribution in [2.75, 3.05) is 11.9 Å². The van der Waals surface area contributed by atoms with E-state index in [1.54, 1.807) is 24.3 Å². The molecule has 2 amide bonds. The molecule has 2 rings (SSSR count). The van der Waals surface area contributed by atoms with Crippen LogP contribution in [0.1, 0.15) is 18.4 Å². The van der Waals surface area contributed by atoms with Crippen LogP contribution in [0.4, 0.5) is 5.69 Å². The lowest BCUT2D eigenvalue weighted by molar-refractivity contribution is -0.136. The summed E-state index contributed by atoms with van der Waals surface area (Å²) in [7, 11) is 0. The predicted molar refractivity (Wildman–Crippen MR) is 82.9 cm³/mol. The quantitative estimate of drug-likeness (QED) is 0.847. The molecule has 0 aliphatic carbocycles. The molecular weight excluding hydrogens is 264 g/mol. The normalized spacial score (nSPS) is 11.5. The number of rotatable bonds is 4. The Labute approximate surface area is 124 Å². The molecule has 0 aliphatic rings. The van der Waals surface area contributed by atoms with E-state index < -0.39 is 11.8 Å². The highest BCUT2D eigenvalue weighted by atomic mass is 16.2. The third kappa shape index (κ3) is 4.45. The predicted octanol–water partition coefficient (Wildman–Crippen LogP) is 2.55. The molecule has 0 heterocycles. The van der Waals surface area contributed by atoms with Gasteiger partial charge >= 0.3 is 11.8 Å². The van der Waals surface area contributed by atoms with E-state index in [1.165, 1.54) is 0 Å². The number of nitrogens with one attached hydrogen (secondary N) is 2. The second kappa shape index (κ2) is 7.24. The van der Waals surface area contributed by atoms with Crippen LogP contribution in [0.25, 0.3) is 0 Å². The van der Waals surface area contributed by atoms with Crippen LogP contribution in [-0.4, -0.2) is 18.4 Å². The smallest absolute Gasteiger partial charge is 0.313 e. The molecule has 0 aliphatic heterocycles. The van der Waals surface area contributed by atoms with Crippen molar-refractivity contribution in [2.45, 2.75) is 12.8 Å². The van der Waals surface area contributed by atoms with Crippen LogP contribution < -0.4 is 10.6 Å². The van der Waals surface area contributed by atoms with Gasteiger partial charge in [0.15, 0.2) is 0 Å². The largest absolute Gasteiger partial charge is 0.347 e. The van der Waals surface area contributed by atoms with E-state index in [9.17, 15) is 9.59 Å². The zero-order chi connectivity index (χ0) is 15.1. The van der Waals surface area contributed by atoms with E-state index in [4.69, 9.17) is 0 Å². The van der Waals surface area contributed by atoms with Crippen LogP contribution in [-0.2, 0) is 9.59 Å². The summed E-state index contributed by atoms with van der Waals surface area (Å²) in [6.07, 6.45) is 0. The summed E-state index contributed by atoms with van der Waals surface area (Å²) in [5, 5.41) is 5.20. The lowest BCUT2D eigenvalue weighted by Crippen LogP contribution is -2.37. The molecule has 0 spiro atoms. The monoisotopic (exact) mass is 282 g/mol. The topological polar surface area (TPSA) is 58.2 Å². The van der Waals surface area contributed by atoms with E-state index in [-0.39, 0.29) is 5.92 Å². The van der Waals surface area contributed by atoms with Crippen molar-refractivity contribution in [1.29, 1.82) is 0 Å². The summed E-state index contributed by atoms with van der Waals surface area (Å²) in [4.78, 5) is 23.5. The Morgan fingerprint density at radius 1 is 0.905 bits per heavy atom. The molecule has 4 nitrogen and oxygen atoms in total. The van der Waals surface area contributed by atoms with E-state index >= 15 is 0 Å². The summed E-state index contributed by atoms with van der Waals surface area (Å²) in [6.45, 7) is 2.43. The van der Waals surface area contributed by atoms with Gasteiger partial charge in [0, 0.05) is 12.2 Å². The van der Waals surface area contributed by atoms with Crippen molar-refractivity contribution in [1.82, 2.24) is 5.32 Å². The number of para-hydroxylation sites is 1. The van der Waals surface area contributed by atoms with Gasteiger partial charge in [-0.3, -0.25) is 9.59 Å². The Bertz CT molecular complexity index is 597. The van der Waals surface area contributed by atoms with Crippen LogP contribution in [0.5, 0.6) is 0 Å².